The zero-order valence-electron chi connectivity index (χ0n) is 8.77. The highest BCUT2D eigenvalue weighted by molar-refractivity contribution is 5.53. The minimum Gasteiger partial charge on any atom is -0.396 e. The molecule has 1 atom stereocenters. The lowest BCUT2D eigenvalue weighted by Crippen LogP contribution is -2.18. The van der Waals surface area contributed by atoms with E-state index in [1.165, 1.54) is 0 Å². The summed E-state index contributed by atoms with van der Waals surface area (Å²) in [6.45, 7) is 0.128. The van der Waals surface area contributed by atoms with Crippen LogP contribution in [0.1, 0.15) is 18.0 Å². The molecule has 3 heteroatoms. The Bertz CT molecular complexity index is 286. The highest BCUT2D eigenvalue weighted by atomic mass is 16.3. The molecule has 1 unspecified atom stereocenters. The molecule has 1 rings (SSSR count). The maximum atomic E-state index is 8.83. The lowest BCUT2D eigenvalue weighted by atomic mass is 10.0. The van der Waals surface area contributed by atoms with Gasteiger partial charge in [0, 0.05) is 32.4 Å². The number of benzene rings is 1. The Balaban J connectivity index is 2.94. The van der Waals surface area contributed by atoms with E-state index in [-0.39, 0.29) is 12.6 Å². The monoisotopic (exact) mass is 194 g/mol. The molecule has 1 aromatic rings. The molecular weight excluding hydrogens is 176 g/mol. The van der Waals surface area contributed by atoms with Gasteiger partial charge in [-0.25, -0.2) is 0 Å². The predicted octanol–water partition coefficient (Wildman–Crippen LogP) is 1.13. The number of aliphatic hydroxyl groups excluding tert-OH is 1. The lowest BCUT2D eigenvalue weighted by molar-refractivity contribution is 0.276. The third kappa shape index (κ3) is 2.47. The Morgan fingerprint density at radius 2 is 2.00 bits per heavy atom. The van der Waals surface area contributed by atoms with E-state index in [1.807, 2.05) is 43.3 Å². The van der Waals surface area contributed by atoms with Gasteiger partial charge in [0.1, 0.15) is 0 Å². The summed E-state index contributed by atoms with van der Waals surface area (Å²) in [5, 5.41) is 8.83. The maximum absolute atomic E-state index is 8.83. The number of para-hydroxylation sites is 1. The minimum atomic E-state index is -0.0846. The van der Waals surface area contributed by atoms with E-state index in [9.17, 15) is 0 Å². The summed E-state index contributed by atoms with van der Waals surface area (Å²) >= 11 is 0. The first-order valence-electron chi connectivity index (χ1n) is 4.79. The average Bonchev–Trinajstić information content (AvgIpc) is 2.18. The van der Waals surface area contributed by atoms with Crippen molar-refractivity contribution in [3.63, 3.8) is 0 Å². The number of rotatable bonds is 4. The van der Waals surface area contributed by atoms with Crippen molar-refractivity contribution in [3.8, 4) is 0 Å². The topological polar surface area (TPSA) is 49.5 Å². The molecule has 0 aromatic heterocycles. The summed E-state index contributed by atoms with van der Waals surface area (Å²) < 4.78 is 0. The van der Waals surface area contributed by atoms with Crippen LogP contribution in [0.15, 0.2) is 24.3 Å². The van der Waals surface area contributed by atoms with E-state index in [0.717, 1.165) is 11.3 Å². The van der Waals surface area contributed by atoms with E-state index < -0.39 is 0 Å². The highest BCUT2D eigenvalue weighted by Crippen LogP contribution is 2.24. The Kier molecular flexibility index (Phi) is 3.92. The van der Waals surface area contributed by atoms with Crippen LogP contribution in [0.4, 0.5) is 5.69 Å². The molecule has 0 saturated carbocycles. The van der Waals surface area contributed by atoms with E-state index >= 15 is 0 Å². The van der Waals surface area contributed by atoms with Gasteiger partial charge in [0.2, 0.25) is 0 Å². The highest BCUT2D eigenvalue weighted by Gasteiger charge is 2.10. The van der Waals surface area contributed by atoms with Crippen molar-refractivity contribution in [2.24, 2.45) is 5.73 Å². The summed E-state index contributed by atoms with van der Waals surface area (Å²) in [4.78, 5) is 2.03. The fourth-order valence-corrected chi connectivity index (χ4v) is 1.50. The van der Waals surface area contributed by atoms with Crippen molar-refractivity contribution < 1.29 is 5.11 Å². The largest absolute Gasteiger partial charge is 0.396 e. The molecule has 1 aromatic carbocycles. The first-order chi connectivity index (χ1) is 6.66. The van der Waals surface area contributed by atoms with Gasteiger partial charge in [0.15, 0.2) is 0 Å². The fraction of sp³-hybridized carbons (Fsp3) is 0.455. The molecule has 0 aliphatic heterocycles. The summed E-state index contributed by atoms with van der Waals surface area (Å²) in [7, 11) is 3.98. The summed E-state index contributed by atoms with van der Waals surface area (Å²) in [5.74, 6) is 0. The molecule has 0 amide bonds. The van der Waals surface area contributed by atoms with Gasteiger partial charge in [-0.3, -0.25) is 0 Å². The zero-order chi connectivity index (χ0) is 10.6. The van der Waals surface area contributed by atoms with Gasteiger partial charge < -0.3 is 15.7 Å². The van der Waals surface area contributed by atoms with E-state index in [1.54, 1.807) is 0 Å². The molecule has 0 aliphatic rings. The standard InChI is InChI=1S/C11H18N2O/c1-13(2)11-6-4-3-5-9(11)10(12)7-8-14/h3-6,10,14H,7-8,12H2,1-2H3. The van der Waals surface area contributed by atoms with Crippen molar-refractivity contribution in [2.75, 3.05) is 25.6 Å². The van der Waals surface area contributed by atoms with Gasteiger partial charge in [-0.2, -0.15) is 0 Å². The third-order valence-electron chi connectivity index (χ3n) is 2.26. The van der Waals surface area contributed by atoms with Crippen LogP contribution in [0.2, 0.25) is 0 Å². The SMILES string of the molecule is CN(C)c1ccccc1C(N)CCO. The van der Waals surface area contributed by atoms with Crippen LogP contribution in [0, 0.1) is 0 Å². The van der Waals surface area contributed by atoms with E-state index in [2.05, 4.69) is 0 Å². The summed E-state index contributed by atoms with van der Waals surface area (Å²) in [6, 6.07) is 7.92. The molecule has 0 aliphatic carbocycles. The first kappa shape index (κ1) is 11.0. The molecule has 0 radical (unpaired) electrons. The molecule has 0 fully saturated rings. The summed E-state index contributed by atoms with van der Waals surface area (Å²) in [5.41, 5.74) is 8.17. The Morgan fingerprint density at radius 3 is 2.57 bits per heavy atom. The minimum absolute atomic E-state index is 0.0846. The molecule has 3 nitrogen and oxygen atoms in total. The average molecular weight is 194 g/mol. The molecular formula is C11H18N2O. The van der Waals surface area contributed by atoms with Crippen LogP contribution >= 0.6 is 0 Å². The quantitative estimate of drug-likeness (QED) is 0.755. The van der Waals surface area contributed by atoms with Crippen LogP contribution in [-0.2, 0) is 0 Å². The second-order valence-electron chi connectivity index (χ2n) is 3.57. The molecule has 0 heterocycles. The first-order valence-corrected chi connectivity index (χ1v) is 4.79. The summed E-state index contributed by atoms with van der Waals surface area (Å²) in [6.07, 6.45) is 0.602. The number of aliphatic hydroxyl groups is 1. The molecule has 0 saturated heterocycles. The Hall–Kier alpha value is -1.06. The number of nitrogens with two attached hydrogens (primary N) is 1. The number of anilines is 1. The van der Waals surface area contributed by atoms with Crippen molar-refractivity contribution in [2.45, 2.75) is 12.5 Å². The van der Waals surface area contributed by atoms with Crippen molar-refractivity contribution >= 4 is 5.69 Å². The molecule has 78 valence electrons. The second kappa shape index (κ2) is 4.98. The van der Waals surface area contributed by atoms with Gasteiger partial charge in [0.25, 0.3) is 0 Å². The number of nitrogens with zero attached hydrogens (tertiary/aromatic N) is 1. The number of hydrogen-bond acceptors (Lipinski definition) is 3. The molecule has 0 spiro atoms. The van der Waals surface area contributed by atoms with Crippen LogP contribution in [0.5, 0.6) is 0 Å². The van der Waals surface area contributed by atoms with Crippen molar-refractivity contribution in [3.05, 3.63) is 29.8 Å². The predicted molar refractivity (Wildman–Crippen MR) is 59.4 cm³/mol. The van der Waals surface area contributed by atoms with Crippen molar-refractivity contribution in [1.82, 2.24) is 0 Å². The molecule has 0 bridgehead atoms. The van der Waals surface area contributed by atoms with Gasteiger partial charge >= 0.3 is 0 Å². The van der Waals surface area contributed by atoms with Crippen LogP contribution in [0.25, 0.3) is 0 Å². The van der Waals surface area contributed by atoms with Gasteiger partial charge in [0.05, 0.1) is 0 Å². The molecule has 14 heavy (non-hydrogen) atoms. The van der Waals surface area contributed by atoms with Crippen LogP contribution in [0.3, 0.4) is 0 Å². The van der Waals surface area contributed by atoms with Crippen LogP contribution < -0.4 is 10.6 Å². The van der Waals surface area contributed by atoms with Gasteiger partial charge in [-0.1, -0.05) is 18.2 Å². The Morgan fingerprint density at radius 1 is 1.36 bits per heavy atom. The van der Waals surface area contributed by atoms with E-state index in [4.69, 9.17) is 10.8 Å². The Labute approximate surface area is 85.2 Å². The lowest BCUT2D eigenvalue weighted by Gasteiger charge is -2.20. The zero-order valence-corrected chi connectivity index (χ0v) is 8.77. The van der Waals surface area contributed by atoms with Gasteiger partial charge in [-0.05, 0) is 18.1 Å². The van der Waals surface area contributed by atoms with Crippen LogP contribution in [-0.4, -0.2) is 25.8 Å². The van der Waals surface area contributed by atoms with Gasteiger partial charge in [-0.15, -0.1) is 0 Å². The normalized spacial score (nSPS) is 12.6. The fourth-order valence-electron chi connectivity index (χ4n) is 1.50. The van der Waals surface area contributed by atoms with Crippen molar-refractivity contribution in [1.29, 1.82) is 0 Å². The molecule has 3 N–H and O–H groups in total. The second-order valence-corrected chi connectivity index (χ2v) is 3.57. The number of hydrogen-bond donors (Lipinski definition) is 2. The maximum Gasteiger partial charge on any atom is 0.0449 e. The third-order valence-corrected chi connectivity index (χ3v) is 2.26. The smallest absolute Gasteiger partial charge is 0.0449 e. The van der Waals surface area contributed by atoms with E-state index in [0.29, 0.717) is 6.42 Å².